The molecule has 0 spiro atoms. The topological polar surface area (TPSA) is 40.1 Å². The summed E-state index contributed by atoms with van der Waals surface area (Å²) in [5, 5.41) is 8.89. The molecule has 0 rings (SSSR count). The van der Waals surface area contributed by atoms with Gasteiger partial charge in [0.2, 0.25) is 0 Å². The number of carboxylic acid groups (broad SMARTS) is 1. The van der Waals surface area contributed by atoms with Gasteiger partial charge in [-0.2, -0.15) is 0 Å². The molecule has 0 unspecified atom stereocenters. The first kappa shape index (κ1) is 9.08. The number of carbonyl (C=O) groups excluding carboxylic acids is 1. The first-order chi connectivity index (χ1) is 2.73. The Kier molecular flexibility index (Phi) is 13.3. The van der Waals surface area contributed by atoms with Crippen molar-refractivity contribution in [2.45, 2.75) is 20.8 Å². The van der Waals surface area contributed by atoms with Gasteiger partial charge in [0.05, 0.1) is 0 Å². The average molecular weight is 89.1 g/mol. The minimum Gasteiger partial charge on any atom is -0.550 e. The van der Waals surface area contributed by atoms with E-state index in [2.05, 4.69) is 0 Å². The number of carboxylic acids is 1. The van der Waals surface area contributed by atoms with E-state index < -0.39 is 5.97 Å². The Morgan fingerprint density at radius 3 is 1.50 bits per heavy atom. The van der Waals surface area contributed by atoms with Crippen molar-refractivity contribution in [3.8, 4) is 0 Å². The van der Waals surface area contributed by atoms with Gasteiger partial charge >= 0.3 is 0 Å². The zero-order valence-corrected chi connectivity index (χ0v) is 4.32. The summed E-state index contributed by atoms with van der Waals surface area (Å²) in [6, 6.07) is 0. The van der Waals surface area contributed by atoms with Gasteiger partial charge in [-0.3, -0.25) is 0 Å². The van der Waals surface area contributed by atoms with Gasteiger partial charge in [-0.05, 0) is 6.92 Å². The molecule has 0 aliphatic rings. The van der Waals surface area contributed by atoms with Crippen LogP contribution in [0.5, 0.6) is 0 Å². The molecule has 6 heavy (non-hydrogen) atoms. The Hall–Kier alpha value is -0.530. The second kappa shape index (κ2) is 8.82. The van der Waals surface area contributed by atoms with E-state index in [4.69, 9.17) is 9.90 Å². The van der Waals surface area contributed by atoms with Gasteiger partial charge in [-0.15, -0.1) is 0 Å². The molecule has 0 atom stereocenters. The molecule has 0 aromatic rings. The molecule has 0 saturated carbocycles. The first-order valence-electron chi connectivity index (χ1n) is 1.91. The van der Waals surface area contributed by atoms with Crippen molar-refractivity contribution < 1.29 is 9.90 Å². The standard InChI is InChI=1S/C2H4O2.C2H6/c1-2(3)4;1-2/h1H3,(H,3,4);1-2H3/p-1. The van der Waals surface area contributed by atoms with Crippen molar-refractivity contribution in [1.82, 2.24) is 0 Å². The van der Waals surface area contributed by atoms with E-state index in [0.717, 1.165) is 6.92 Å². The quantitative estimate of drug-likeness (QED) is 0.411. The zero-order chi connectivity index (χ0) is 5.58. The van der Waals surface area contributed by atoms with Crippen LogP contribution < -0.4 is 5.11 Å². The van der Waals surface area contributed by atoms with Crippen LogP contribution in [-0.2, 0) is 4.79 Å². The monoisotopic (exact) mass is 89.1 g/mol. The van der Waals surface area contributed by atoms with Crippen molar-refractivity contribution >= 4 is 5.97 Å². The second-order valence-electron chi connectivity index (χ2n) is 0.492. The summed E-state index contributed by atoms with van der Waals surface area (Å²) in [5.74, 6) is -1.08. The summed E-state index contributed by atoms with van der Waals surface area (Å²) in [6.45, 7) is 4.97. The first-order valence-corrected chi connectivity index (χ1v) is 1.91. The van der Waals surface area contributed by atoms with Gasteiger partial charge in [0.25, 0.3) is 0 Å². The SMILES string of the molecule is CC.CC(=O)[O-]. The number of rotatable bonds is 0. The summed E-state index contributed by atoms with van der Waals surface area (Å²) in [6.07, 6.45) is 0. The van der Waals surface area contributed by atoms with E-state index >= 15 is 0 Å². The fraction of sp³-hybridized carbons (Fsp3) is 0.750. The van der Waals surface area contributed by atoms with E-state index in [0.29, 0.717) is 0 Å². The van der Waals surface area contributed by atoms with Crippen LogP contribution in [0.3, 0.4) is 0 Å². The molecule has 0 aromatic heterocycles. The predicted molar refractivity (Wildman–Crippen MR) is 22.0 cm³/mol. The maximum absolute atomic E-state index is 8.89. The number of hydrogen-bond donors (Lipinski definition) is 0. The molecule has 0 saturated heterocycles. The van der Waals surface area contributed by atoms with Crippen LogP contribution in [0.2, 0.25) is 0 Å². The smallest absolute Gasteiger partial charge is 0.0383 e. The molecule has 0 bridgehead atoms. The van der Waals surface area contributed by atoms with Gasteiger partial charge in [0.15, 0.2) is 0 Å². The van der Waals surface area contributed by atoms with Crippen LogP contribution >= 0.6 is 0 Å². The lowest BCUT2D eigenvalue weighted by Gasteiger charge is -1.77. The lowest BCUT2D eigenvalue weighted by Crippen LogP contribution is -2.16. The van der Waals surface area contributed by atoms with Crippen LogP contribution in [0.1, 0.15) is 20.8 Å². The van der Waals surface area contributed by atoms with Crippen LogP contribution in [0.25, 0.3) is 0 Å². The van der Waals surface area contributed by atoms with E-state index in [1.807, 2.05) is 13.8 Å². The van der Waals surface area contributed by atoms with Gasteiger partial charge in [0, 0.05) is 5.97 Å². The van der Waals surface area contributed by atoms with Crippen LogP contribution in [0, 0.1) is 0 Å². The molecule has 0 radical (unpaired) electrons. The molecule has 38 valence electrons. The van der Waals surface area contributed by atoms with Gasteiger partial charge in [-0.1, -0.05) is 13.8 Å². The lowest BCUT2D eigenvalue weighted by atomic mass is 10.9. The molecule has 0 N–H and O–H groups in total. The summed E-state index contributed by atoms with van der Waals surface area (Å²) in [4.78, 5) is 8.89. The van der Waals surface area contributed by atoms with Crippen LogP contribution in [0.15, 0.2) is 0 Å². The Morgan fingerprint density at radius 2 is 1.50 bits per heavy atom. The lowest BCUT2D eigenvalue weighted by molar-refractivity contribution is -0.302. The number of aliphatic carboxylic acids is 1. The van der Waals surface area contributed by atoms with Crippen LogP contribution in [0.4, 0.5) is 0 Å². The maximum atomic E-state index is 8.89. The molecule has 0 aromatic carbocycles. The third kappa shape index (κ3) is 75.4. The van der Waals surface area contributed by atoms with E-state index in [1.165, 1.54) is 0 Å². The highest BCUT2D eigenvalue weighted by molar-refractivity contribution is 5.60. The molecular formula is C4H9O2-. The summed E-state index contributed by atoms with van der Waals surface area (Å²) < 4.78 is 0. The van der Waals surface area contributed by atoms with Crippen molar-refractivity contribution in [3.63, 3.8) is 0 Å². The van der Waals surface area contributed by atoms with Gasteiger partial charge < -0.3 is 9.90 Å². The fourth-order valence-corrected chi connectivity index (χ4v) is 0. The molecule has 0 fully saturated rings. The maximum Gasteiger partial charge on any atom is 0.0383 e. The highest BCUT2D eigenvalue weighted by Gasteiger charge is 1.46. The van der Waals surface area contributed by atoms with Gasteiger partial charge in [0.1, 0.15) is 0 Å². The third-order valence-corrected chi connectivity index (χ3v) is 0. The predicted octanol–water partition coefficient (Wildman–Crippen LogP) is -0.218. The Bertz CT molecular complexity index is 28.5. The van der Waals surface area contributed by atoms with E-state index in [1.54, 1.807) is 0 Å². The van der Waals surface area contributed by atoms with E-state index in [-0.39, 0.29) is 0 Å². The highest BCUT2D eigenvalue weighted by atomic mass is 16.4. The third-order valence-electron chi connectivity index (χ3n) is 0. The largest absolute Gasteiger partial charge is 0.550 e. The Balaban J connectivity index is 0. The average Bonchev–Trinajstić information content (AvgIpc) is 1.41. The summed E-state index contributed by atoms with van der Waals surface area (Å²) >= 11 is 0. The minimum atomic E-state index is -1.08. The summed E-state index contributed by atoms with van der Waals surface area (Å²) in [5.41, 5.74) is 0. The number of carbonyl (C=O) groups is 1. The molecule has 2 heteroatoms. The van der Waals surface area contributed by atoms with Crippen molar-refractivity contribution in [2.75, 3.05) is 0 Å². The normalized spacial score (nSPS) is 5.17. The summed E-state index contributed by atoms with van der Waals surface area (Å²) in [7, 11) is 0. The van der Waals surface area contributed by atoms with Gasteiger partial charge in [-0.25, -0.2) is 0 Å². The minimum absolute atomic E-state index is 0.972. The Labute approximate surface area is 37.8 Å². The number of hydrogen-bond acceptors (Lipinski definition) is 2. The molecule has 0 aliphatic carbocycles. The highest BCUT2D eigenvalue weighted by Crippen LogP contribution is 1.31. The second-order valence-corrected chi connectivity index (χ2v) is 0.492. The molecule has 2 nitrogen and oxygen atoms in total. The van der Waals surface area contributed by atoms with E-state index in [9.17, 15) is 0 Å². The molecule has 0 heterocycles. The molecule has 0 aliphatic heterocycles. The molecular weight excluding hydrogens is 80.0 g/mol. The zero-order valence-electron chi connectivity index (χ0n) is 4.32. The molecule has 0 amide bonds. The fourth-order valence-electron chi connectivity index (χ4n) is 0. The Morgan fingerprint density at radius 1 is 1.50 bits per heavy atom. The van der Waals surface area contributed by atoms with Crippen molar-refractivity contribution in [3.05, 3.63) is 0 Å². The van der Waals surface area contributed by atoms with Crippen molar-refractivity contribution in [1.29, 1.82) is 0 Å². The van der Waals surface area contributed by atoms with Crippen molar-refractivity contribution in [2.24, 2.45) is 0 Å². The van der Waals surface area contributed by atoms with Crippen LogP contribution in [-0.4, -0.2) is 5.97 Å².